The zero-order chi connectivity index (χ0) is 16.1. The molecule has 0 saturated carbocycles. The van der Waals surface area contributed by atoms with Gasteiger partial charge in [0.25, 0.3) is 5.91 Å². The van der Waals surface area contributed by atoms with Crippen molar-refractivity contribution in [2.45, 2.75) is 12.8 Å². The summed E-state index contributed by atoms with van der Waals surface area (Å²) in [6.07, 6.45) is 2.36. The fourth-order valence-electron chi connectivity index (χ4n) is 2.66. The second-order valence-electron chi connectivity index (χ2n) is 5.42. The lowest BCUT2D eigenvalue weighted by molar-refractivity contribution is -0.115. The van der Waals surface area contributed by atoms with Gasteiger partial charge < -0.3 is 15.5 Å². The molecule has 0 bridgehead atoms. The van der Waals surface area contributed by atoms with E-state index < -0.39 is 0 Å². The van der Waals surface area contributed by atoms with Crippen LogP contribution in [-0.2, 0) is 4.79 Å². The first-order valence-corrected chi connectivity index (χ1v) is 8.57. The Morgan fingerprint density at radius 1 is 1.09 bits per heavy atom. The highest BCUT2D eigenvalue weighted by Crippen LogP contribution is 2.28. The third-order valence-electron chi connectivity index (χ3n) is 3.78. The molecular weight excluding hydrogens is 310 g/mol. The second-order valence-corrected chi connectivity index (χ2v) is 6.37. The minimum absolute atomic E-state index is 0.0366. The van der Waals surface area contributed by atoms with Crippen LogP contribution in [0.4, 0.5) is 11.4 Å². The number of benzene rings is 1. The van der Waals surface area contributed by atoms with E-state index in [1.54, 1.807) is 6.07 Å². The predicted octanol–water partition coefficient (Wildman–Crippen LogP) is 2.72. The highest BCUT2D eigenvalue weighted by atomic mass is 32.1. The molecule has 0 radical (unpaired) electrons. The van der Waals surface area contributed by atoms with Gasteiger partial charge in [-0.1, -0.05) is 18.2 Å². The van der Waals surface area contributed by atoms with Gasteiger partial charge in [-0.2, -0.15) is 0 Å². The van der Waals surface area contributed by atoms with Crippen LogP contribution in [0, 0.1) is 0 Å². The number of thiophene rings is 1. The lowest BCUT2D eigenvalue weighted by Gasteiger charge is -2.21. The van der Waals surface area contributed by atoms with Crippen molar-refractivity contribution in [2.75, 3.05) is 29.9 Å². The van der Waals surface area contributed by atoms with Gasteiger partial charge in [0.05, 0.1) is 22.8 Å². The number of rotatable bonds is 5. The molecule has 5 nitrogen and oxygen atoms in total. The van der Waals surface area contributed by atoms with Crippen molar-refractivity contribution in [3.63, 3.8) is 0 Å². The maximum Gasteiger partial charge on any atom is 0.261 e. The third-order valence-corrected chi connectivity index (χ3v) is 4.65. The molecule has 0 atom stereocenters. The van der Waals surface area contributed by atoms with E-state index in [2.05, 4.69) is 15.5 Å². The van der Waals surface area contributed by atoms with E-state index in [0.717, 1.165) is 24.5 Å². The number of nitrogens with one attached hydrogen (secondary N) is 2. The molecule has 0 aliphatic carbocycles. The van der Waals surface area contributed by atoms with Gasteiger partial charge in [0, 0.05) is 13.1 Å². The summed E-state index contributed by atoms with van der Waals surface area (Å²) in [4.78, 5) is 26.8. The summed E-state index contributed by atoms with van der Waals surface area (Å²) < 4.78 is 0. The Morgan fingerprint density at radius 3 is 2.61 bits per heavy atom. The van der Waals surface area contributed by atoms with E-state index in [0.29, 0.717) is 4.88 Å². The molecule has 2 amide bonds. The summed E-state index contributed by atoms with van der Waals surface area (Å²) in [7, 11) is 0. The maximum absolute atomic E-state index is 12.1. The lowest BCUT2D eigenvalue weighted by Crippen LogP contribution is -2.33. The molecule has 2 N–H and O–H groups in total. The Balaban J connectivity index is 1.58. The molecule has 1 fully saturated rings. The largest absolute Gasteiger partial charge is 0.370 e. The van der Waals surface area contributed by atoms with Crippen LogP contribution in [0.1, 0.15) is 22.5 Å². The van der Waals surface area contributed by atoms with Crippen LogP contribution in [0.5, 0.6) is 0 Å². The first-order valence-electron chi connectivity index (χ1n) is 7.69. The van der Waals surface area contributed by atoms with Crippen molar-refractivity contribution in [3.8, 4) is 0 Å². The van der Waals surface area contributed by atoms with Gasteiger partial charge in [0.2, 0.25) is 5.91 Å². The van der Waals surface area contributed by atoms with Crippen LogP contribution in [0.3, 0.4) is 0 Å². The van der Waals surface area contributed by atoms with Gasteiger partial charge in [-0.3, -0.25) is 9.59 Å². The number of hydrogen-bond acceptors (Lipinski definition) is 4. The van der Waals surface area contributed by atoms with E-state index in [1.165, 1.54) is 24.2 Å². The Hall–Kier alpha value is -2.34. The van der Waals surface area contributed by atoms with E-state index in [9.17, 15) is 9.59 Å². The van der Waals surface area contributed by atoms with E-state index in [-0.39, 0.29) is 18.4 Å². The number of amides is 2. The van der Waals surface area contributed by atoms with Crippen molar-refractivity contribution in [3.05, 3.63) is 46.7 Å². The van der Waals surface area contributed by atoms with Gasteiger partial charge in [0.15, 0.2) is 0 Å². The van der Waals surface area contributed by atoms with Crippen molar-refractivity contribution < 1.29 is 9.59 Å². The molecule has 3 rings (SSSR count). The van der Waals surface area contributed by atoms with Gasteiger partial charge in [-0.05, 0) is 36.4 Å². The third kappa shape index (κ3) is 3.90. The molecular formula is C17H19N3O2S. The minimum Gasteiger partial charge on any atom is -0.370 e. The fourth-order valence-corrected chi connectivity index (χ4v) is 3.30. The molecule has 1 saturated heterocycles. The molecule has 120 valence electrons. The molecule has 1 aromatic heterocycles. The van der Waals surface area contributed by atoms with Crippen molar-refractivity contribution >= 4 is 34.5 Å². The van der Waals surface area contributed by atoms with Crippen LogP contribution >= 0.6 is 11.3 Å². The minimum atomic E-state index is -0.221. The Kier molecular flexibility index (Phi) is 4.92. The highest BCUT2D eigenvalue weighted by molar-refractivity contribution is 7.12. The molecule has 23 heavy (non-hydrogen) atoms. The van der Waals surface area contributed by atoms with Crippen molar-refractivity contribution in [1.82, 2.24) is 5.32 Å². The monoisotopic (exact) mass is 329 g/mol. The fraction of sp³-hybridized carbons (Fsp3) is 0.294. The number of anilines is 2. The average molecular weight is 329 g/mol. The first-order chi connectivity index (χ1) is 11.2. The highest BCUT2D eigenvalue weighted by Gasteiger charge is 2.16. The van der Waals surface area contributed by atoms with Gasteiger partial charge in [-0.25, -0.2) is 0 Å². The van der Waals surface area contributed by atoms with Gasteiger partial charge in [0.1, 0.15) is 0 Å². The molecule has 2 aromatic rings. The summed E-state index contributed by atoms with van der Waals surface area (Å²) in [5.41, 5.74) is 1.84. The van der Waals surface area contributed by atoms with E-state index >= 15 is 0 Å². The topological polar surface area (TPSA) is 61.4 Å². The van der Waals surface area contributed by atoms with Crippen molar-refractivity contribution in [2.24, 2.45) is 0 Å². The van der Waals surface area contributed by atoms with Crippen molar-refractivity contribution in [1.29, 1.82) is 0 Å². The van der Waals surface area contributed by atoms with Crippen LogP contribution in [0.25, 0.3) is 0 Å². The van der Waals surface area contributed by atoms with Crippen LogP contribution in [0.15, 0.2) is 41.8 Å². The normalized spacial score (nSPS) is 13.8. The molecule has 2 heterocycles. The zero-order valence-corrected chi connectivity index (χ0v) is 13.6. The smallest absolute Gasteiger partial charge is 0.261 e. The van der Waals surface area contributed by atoms with Crippen LogP contribution < -0.4 is 15.5 Å². The summed E-state index contributed by atoms with van der Waals surface area (Å²) in [6, 6.07) is 11.3. The Morgan fingerprint density at radius 2 is 1.87 bits per heavy atom. The summed E-state index contributed by atoms with van der Waals surface area (Å²) in [6.45, 7) is 2.00. The van der Waals surface area contributed by atoms with Gasteiger partial charge in [-0.15, -0.1) is 11.3 Å². The lowest BCUT2D eigenvalue weighted by atomic mass is 10.2. The Labute approximate surface area is 139 Å². The quantitative estimate of drug-likeness (QED) is 0.887. The van der Waals surface area contributed by atoms with Gasteiger partial charge >= 0.3 is 0 Å². The van der Waals surface area contributed by atoms with Crippen LogP contribution in [0.2, 0.25) is 0 Å². The predicted molar refractivity (Wildman–Crippen MR) is 93.2 cm³/mol. The molecule has 1 aromatic carbocycles. The number of nitrogens with zero attached hydrogens (tertiary/aromatic N) is 1. The standard InChI is InChI=1S/C17H19N3O2S/c21-16(12-18-17(22)15-8-5-11-23-15)19-13-6-1-2-7-14(13)20-9-3-4-10-20/h1-2,5-8,11H,3-4,9-10,12H2,(H,18,22)(H,19,21). The second kappa shape index (κ2) is 7.28. The zero-order valence-electron chi connectivity index (χ0n) is 12.7. The number of hydrogen-bond donors (Lipinski definition) is 2. The SMILES string of the molecule is O=C(CNC(=O)c1cccs1)Nc1ccccc1N1CCCC1. The number of para-hydroxylation sites is 2. The molecule has 0 spiro atoms. The molecule has 1 aliphatic rings. The van der Waals surface area contributed by atoms with Crippen LogP contribution in [-0.4, -0.2) is 31.4 Å². The first kappa shape index (κ1) is 15.6. The molecule has 6 heteroatoms. The average Bonchev–Trinajstić information content (AvgIpc) is 3.26. The number of carbonyl (C=O) groups is 2. The summed E-state index contributed by atoms with van der Waals surface area (Å²) in [5.74, 6) is -0.440. The molecule has 0 unspecified atom stereocenters. The summed E-state index contributed by atoms with van der Waals surface area (Å²) >= 11 is 1.36. The number of carbonyl (C=O) groups excluding carboxylic acids is 2. The summed E-state index contributed by atoms with van der Waals surface area (Å²) in [5, 5.41) is 7.37. The van der Waals surface area contributed by atoms with E-state index in [4.69, 9.17) is 0 Å². The van der Waals surface area contributed by atoms with E-state index in [1.807, 2.05) is 35.7 Å². The Bertz CT molecular complexity index is 679. The molecule has 1 aliphatic heterocycles. The maximum atomic E-state index is 12.1.